The second kappa shape index (κ2) is 8.83. The van der Waals surface area contributed by atoms with Crippen molar-refractivity contribution in [3.05, 3.63) is 53.4 Å². The molecule has 1 aliphatic rings. The van der Waals surface area contributed by atoms with Gasteiger partial charge in [-0.2, -0.15) is 0 Å². The lowest BCUT2D eigenvalue weighted by atomic mass is 10.2. The Hall–Kier alpha value is -1.49. The van der Waals surface area contributed by atoms with Crippen LogP contribution in [-0.4, -0.2) is 10.8 Å². The van der Waals surface area contributed by atoms with E-state index in [2.05, 4.69) is 11.2 Å². The summed E-state index contributed by atoms with van der Waals surface area (Å²) in [5.41, 5.74) is 1.79. The molecule has 1 aliphatic heterocycles. The molecular weight excluding hydrogens is 302 g/mol. The highest BCUT2D eigenvalue weighted by Crippen LogP contribution is 2.44. The van der Waals surface area contributed by atoms with Gasteiger partial charge in [-0.15, -0.1) is 0 Å². The van der Waals surface area contributed by atoms with Crippen molar-refractivity contribution < 1.29 is 8.78 Å². The first-order chi connectivity index (χ1) is 10.6. The summed E-state index contributed by atoms with van der Waals surface area (Å²) in [6.45, 7) is 10.7. The number of para-hydroxylation sites is 1. The summed E-state index contributed by atoms with van der Waals surface area (Å²) in [6, 6.07) is 3.94. The molecule has 0 unspecified atom stereocenters. The number of nitrogens with zero attached hydrogens (tertiary/aromatic N) is 2. The Morgan fingerprint density at radius 1 is 1.05 bits per heavy atom. The van der Waals surface area contributed by atoms with Gasteiger partial charge in [0.05, 0.1) is 23.5 Å². The maximum Gasteiger partial charge on any atom is 0.150 e. The van der Waals surface area contributed by atoms with Crippen LogP contribution in [-0.2, 0) is 0 Å². The minimum absolute atomic E-state index is 0.0106. The fourth-order valence-corrected chi connectivity index (χ4v) is 3.48. The third-order valence-corrected chi connectivity index (χ3v) is 4.16. The predicted octanol–water partition coefficient (Wildman–Crippen LogP) is 5.89. The molecule has 0 aromatic heterocycles. The van der Waals surface area contributed by atoms with Crippen LogP contribution in [0.2, 0.25) is 0 Å². The van der Waals surface area contributed by atoms with E-state index in [1.165, 1.54) is 30.3 Å². The zero-order valence-corrected chi connectivity index (χ0v) is 14.7. The normalized spacial score (nSPS) is 18.0. The molecule has 0 radical (unpaired) electrons. The van der Waals surface area contributed by atoms with E-state index in [1.807, 2.05) is 39.8 Å². The van der Waals surface area contributed by atoms with E-state index in [4.69, 9.17) is 0 Å². The summed E-state index contributed by atoms with van der Waals surface area (Å²) in [6.07, 6.45) is 4.82. The Labute approximate surface area is 136 Å². The third-order valence-electron chi connectivity index (χ3n) is 3.04. The van der Waals surface area contributed by atoms with Crippen molar-refractivity contribution in [1.29, 1.82) is 0 Å². The average Bonchev–Trinajstić information content (AvgIpc) is 2.86. The molecule has 0 spiro atoms. The summed E-state index contributed by atoms with van der Waals surface area (Å²) in [5.74, 6) is -1.10. The van der Waals surface area contributed by atoms with Crippen molar-refractivity contribution in [2.75, 3.05) is 10.8 Å². The summed E-state index contributed by atoms with van der Waals surface area (Å²) in [4.78, 5) is 0. The summed E-state index contributed by atoms with van der Waals surface area (Å²) in [5, 5.41) is 0. The third kappa shape index (κ3) is 3.64. The standard InChI is InChI=1S/C15H18F2N2S.C2H6/c1-4-10-18-13(5-2)14(6-3)19(20-18)15-11(16)8-7-9-12(15)17;1-2/h5-9H,4,10H2,1-3H3;1-2H3/b13-5+,14-6+;. The molecular formula is C17H24F2N2S. The molecule has 5 heteroatoms. The van der Waals surface area contributed by atoms with Crippen LogP contribution in [0, 0.1) is 11.6 Å². The molecule has 1 saturated heterocycles. The minimum atomic E-state index is -0.550. The molecule has 0 amide bonds. The largest absolute Gasteiger partial charge is 0.297 e. The number of rotatable bonds is 3. The van der Waals surface area contributed by atoms with Crippen LogP contribution < -0.4 is 4.31 Å². The number of anilines is 1. The number of halogens is 2. The SMILES string of the molecule is C/C=C1\C(=C/C)N(c2c(F)cccc2F)SN1CCC.CC. The lowest BCUT2D eigenvalue weighted by molar-refractivity contribution is 0.584. The monoisotopic (exact) mass is 326 g/mol. The van der Waals surface area contributed by atoms with E-state index < -0.39 is 11.6 Å². The Morgan fingerprint density at radius 3 is 2.05 bits per heavy atom. The van der Waals surface area contributed by atoms with Gasteiger partial charge in [-0.05, 0) is 32.4 Å². The zero-order valence-electron chi connectivity index (χ0n) is 13.9. The molecule has 0 atom stereocenters. The van der Waals surface area contributed by atoms with E-state index >= 15 is 0 Å². The molecule has 122 valence electrons. The van der Waals surface area contributed by atoms with Crippen LogP contribution in [0.1, 0.15) is 41.0 Å². The van der Waals surface area contributed by atoms with Gasteiger partial charge in [0.25, 0.3) is 0 Å². The summed E-state index contributed by atoms with van der Waals surface area (Å²) in [7, 11) is 0. The van der Waals surface area contributed by atoms with Gasteiger partial charge < -0.3 is 0 Å². The van der Waals surface area contributed by atoms with Gasteiger partial charge in [0, 0.05) is 6.54 Å². The summed E-state index contributed by atoms with van der Waals surface area (Å²) >= 11 is 1.33. The summed E-state index contributed by atoms with van der Waals surface area (Å²) < 4.78 is 31.7. The molecule has 22 heavy (non-hydrogen) atoms. The number of hydrogen-bond donors (Lipinski definition) is 0. The minimum Gasteiger partial charge on any atom is -0.297 e. The average molecular weight is 326 g/mol. The number of hydrogen-bond acceptors (Lipinski definition) is 3. The second-order valence-corrected chi connectivity index (χ2v) is 5.37. The first kappa shape index (κ1) is 18.6. The Bertz CT molecular complexity index is 535. The van der Waals surface area contributed by atoms with Crippen LogP contribution in [0.15, 0.2) is 41.7 Å². The first-order valence-electron chi connectivity index (χ1n) is 7.66. The van der Waals surface area contributed by atoms with Gasteiger partial charge in [0.15, 0.2) is 11.6 Å². The van der Waals surface area contributed by atoms with Crippen molar-refractivity contribution in [2.24, 2.45) is 0 Å². The lowest BCUT2D eigenvalue weighted by Crippen LogP contribution is -2.12. The van der Waals surface area contributed by atoms with Crippen molar-refractivity contribution in [2.45, 2.75) is 41.0 Å². The Kier molecular flexibility index (Phi) is 7.45. The van der Waals surface area contributed by atoms with Gasteiger partial charge in [0.1, 0.15) is 5.69 Å². The molecule has 0 bridgehead atoms. The Morgan fingerprint density at radius 2 is 1.59 bits per heavy atom. The van der Waals surface area contributed by atoms with E-state index in [1.54, 1.807) is 4.31 Å². The van der Waals surface area contributed by atoms with Gasteiger partial charge in [-0.25, -0.2) is 8.78 Å². The van der Waals surface area contributed by atoms with Crippen molar-refractivity contribution in [3.8, 4) is 0 Å². The van der Waals surface area contributed by atoms with E-state index in [0.29, 0.717) is 0 Å². The van der Waals surface area contributed by atoms with Gasteiger partial charge in [-0.3, -0.25) is 8.61 Å². The smallest absolute Gasteiger partial charge is 0.150 e. The highest BCUT2D eigenvalue weighted by atomic mass is 32.2. The fourth-order valence-electron chi connectivity index (χ4n) is 2.18. The maximum atomic E-state index is 14.0. The van der Waals surface area contributed by atoms with Crippen molar-refractivity contribution in [1.82, 2.24) is 4.31 Å². The molecule has 0 aliphatic carbocycles. The molecule has 0 N–H and O–H groups in total. The Balaban J connectivity index is 0.00000116. The fraction of sp³-hybridized carbons (Fsp3) is 0.412. The van der Waals surface area contributed by atoms with Crippen molar-refractivity contribution in [3.63, 3.8) is 0 Å². The van der Waals surface area contributed by atoms with Crippen LogP contribution in [0.5, 0.6) is 0 Å². The van der Waals surface area contributed by atoms with E-state index in [-0.39, 0.29) is 5.69 Å². The van der Waals surface area contributed by atoms with Crippen molar-refractivity contribution >= 4 is 17.8 Å². The quantitative estimate of drug-likeness (QED) is 0.639. The van der Waals surface area contributed by atoms with Crippen LogP contribution in [0.3, 0.4) is 0 Å². The van der Waals surface area contributed by atoms with Gasteiger partial charge in [-0.1, -0.05) is 39.0 Å². The molecule has 1 aromatic rings. The topological polar surface area (TPSA) is 6.48 Å². The van der Waals surface area contributed by atoms with Crippen LogP contribution in [0.25, 0.3) is 0 Å². The molecule has 1 heterocycles. The van der Waals surface area contributed by atoms with E-state index in [9.17, 15) is 8.78 Å². The number of allylic oxidation sites excluding steroid dienone is 2. The zero-order chi connectivity index (χ0) is 16.7. The predicted molar refractivity (Wildman–Crippen MR) is 92.3 cm³/mol. The van der Waals surface area contributed by atoms with Crippen LogP contribution in [0.4, 0.5) is 14.5 Å². The number of benzene rings is 1. The second-order valence-electron chi connectivity index (χ2n) is 4.40. The van der Waals surface area contributed by atoms with Gasteiger partial charge >= 0.3 is 0 Å². The highest BCUT2D eigenvalue weighted by Gasteiger charge is 2.33. The van der Waals surface area contributed by atoms with E-state index in [0.717, 1.165) is 24.4 Å². The first-order valence-corrected chi connectivity index (χ1v) is 8.39. The molecule has 0 saturated carbocycles. The van der Waals surface area contributed by atoms with Gasteiger partial charge in [0.2, 0.25) is 0 Å². The molecule has 1 fully saturated rings. The molecule has 2 nitrogen and oxygen atoms in total. The molecule has 1 aromatic carbocycles. The molecule has 2 rings (SSSR count). The van der Waals surface area contributed by atoms with Crippen LogP contribution >= 0.6 is 12.1 Å². The lowest BCUT2D eigenvalue weighted by Gasteiger charge is -2.18. The highest BCUT2D eigenvalue weighted by molar-refractivity contribution is 7.99. The maximum absolute atomic E-state index is 14.0.